The van der Waals surface area contributed by atoms with Gasteiger partial charge in [0.25, 0.3) is 0 Å². The first-order valence-electron chi connectivity index (χ1n) is 12.3. The molecule has 0 radical (unpaired) electrons. The Bertz CT molecular complexity index is 731. The second-order valence-corrected chi connectivity index (χ2v) is 9.66. The van der Waals surface area contributed by atoms with E-state index in [0.717, 1.165) is 29.9 Å². The summed E-state index contributed by atoms with van der Waals surface area (Å²) in [7, 11) is 0. The van der Waals surface area contributed by atoms with Gasteiger partial charge in [-0.05, 0) is 92.5 Å². The first-order valence-corrected chi connectivity index (χ1v) is 12.3. The summed E-state index contributed by atoms with van der Waals surface area (Å²) in [6, 6.07) is 5.06. The van der Waals surface area contributed by atoms with Gasteiger partial charge in [-0.3, -0.25) is 0 Å². The molecule has 31 heavy (non-hydrogen) atoms. The molecule has 170 valence electrons. The van der Waals surface area contributed by atoms with Gasteiger partial charge in [0.05, 0.1) is 5.56 Å². The van der Waals surface area contributed by atoms with Gasteiger partial charge >= 0.3 is 6.18 Å². The topological polar surface area (TPSA) is 0 Å². The average molecular weight is 431 g/mol. The maximum Gasteiger partial charge on any atom is 0.416 e. The maximum absolute atomic E-state index is 12.6. The average Bonchev–Trinajstić information content (AvgIpc) is 2.78. The van der Waals surface area contributed by atoms with Crippen LogP contribution in [0.1, 0.15) is 95.1 Å². The third-order valence-corrected chi connectivity index (χ3v) is 7.47. The predicted octanol–water partition coefficient (Wildman–Crippen LogP) is 8.81. The Morgan fingerprint density at radius 1 is 0.871 bits per heavy atom. The van der Waals surface area contributed by atoms with E-state index >= 15 is 0 Å². The Labute approximate surface area is 186 Å². The molecule has 2 aliphatic rings. The molecule has 0 amide bonds. The summed E-state index contributed by atoms with van der Waals surface area (Å²) in [5.74, 6) is 9.40. The van der Waals surface area contributed by atoms with Crippen molar-refractivity contribution in [2.75, 3.05) is 0 Å². The van der Waals surface area contributed by atoms with Crippen LogP contribution < -0.4 is 0 Å². The number of halogens is 3. The highest BCUT2D eigenvalue weighted by atomic mass is 19.4. The molecule has 3 heteroatoms. The van der Waals surface area contributed by atoms with Gasteiger partial charge < -0.3 is 0 Å². The van der Waals surface area contributed by atoms with Crippen molar-refractivity contribution in [1.82, 2.24) is 0 Å². The summed E-state index contributed by atoms with van der Waals surface area (Å²) in [6.45, 7) is 2.29. The largest absolute Gasteiger partial charge is 0.416 e. The lowest BCUT2D eigenvalue weighted by molar-refractivity contribution is -0.137. The molecule has 0 bridgehead atoms. The number of hydrogen-bond donors (Lipinski definition) is 0. The lowest BCUT2D eigenvalue weighted by atomic mass is 9.68. The van der Waals surface area contributed by atoms with Gasteiger partial charge in [0.2, 0.25) is 0 Å². The molecule has 1 aromatic carbocycles. The van der Waals surface area contributed by atoms with Crippen LogP contribution in [-0.2, 0) is 6.18 Å². The van der Waals surface area contributed by atoms with Crippen LogP contribution in [0.4, 0.5) is 13.2 Å². The number of benzene rings is 1. The third kappa shape index (κ3) is 7.74. The number of allylic oxidation sites excluding steroid dienone is 2. The molecule has 3 rings (SSSR count). The van der Waals surface area contributed by atoms with E-state index in [2.05, 4.69) is 24.8 Å². The SMILES string of the molecule is CCCCCC1CCC(C2CCC(/C=C/C#Cc3ccc(C(F)(F)F)cc3)CC2)CC1. The summed E-state index contributed by atoms with van der Waals surface area (Å²) < 4.78 is 37.8. The Kier molecular flexibility index (Phi) is 9.12. The Morgan fingerprint density at radius 2 is 1.48 bits per heavy atom. The molecule has 0 aliphatic heterocycles. The van der Waals surface area contributed by atoms with Crippen molar-refractivity contribution >= 4 is 0 Å². The fourth-order valence-corrected chi connectivity index (χ4v) is 5.49. The second-order valence-electron chi connectivity index (χ2n) is 9.66. The van der Waals surface area contributed by atoms with E-state index in [4.69, 9.17) is 0 Å². The normalized spacial score (nSPS) is 27.1. The van der Waals surface area contributed by atoms with Crippen LogP contribution in [-0.4, -0.2) is 0 Å². The second kappa shape index (κ2) is 11.8. The maximum atomic E-state index is 12.6. The minimum absolute atomic E-state index is 0.600. The van der Waals surface area contributed by atoms with Crippen LogP contribution in [0.3, 0.4) is 0 Å². The van der Waals surface area contributed by atoms with Gasteiger partial charge in [0.15, 0.2) is 0 Å². The van der Waals surface area contributed by atoms with Crippen LogP contribution in [0, 0.1) is 35.5 Å². The Hall–Kier alpha value is -1.69. The minimum Gasteiger partial charge on any atom is -0.166 e. The van der Waals surface area contributed by atoms with Gasteiger partial charge in [-0.1, -0.05) is 63.4 Å². The zero-order chi connectivity index (χ0) is 22.1. The van der Waals surface area contributed by atoms with E-state index in [9.17, 15) is 13.2 Å². The molecule has 2 aliphatic carbocycles. The van der Waals surface area contributed by atoms with E-state index in [-0.39, 0.29) is 0 Å². The molecule has 2 saturated carbocycles. The summed E-state index contributed by atoms with van der Waals surface area (Å²) in [5, 5.41) is 0. The third-order valence-electron chi connectivity index (χ3n) is 7.47. The molecule has 0 aromatic heterocycles. The van der Waals surface area contributed by atoms with Crippen LogP contribution >= 0.6 is 0 Å². The van der Waals surface area contributed by atoms with Crippen LogP contribution in [0.2, 0.25) is 0 Å². The first-order chi connectivity index (χ1) is 15.0. The van der Waals surface area contributed by atoms with Gasteiger partial charge in [-0.25, -0.2) is 0 Å². The Balaban J connectivity index is 1.37. The van der Waals surface area contributed by atoms with Gasteiger partial charge in [0.1, 0.15) is 0 Å². The van der Waals surface area contributed by atoms with E-state index in [1.807, 2.05) is 6.08 Å². The molecule has 0 heterocycles. The lowest BCUT2D eigenvalue weighted by Gasteiger charge is -2.37. The molecule has 0 saturated heterocycles. The van der Waals surface area contributed by atoms with Crippen molar-refractivity contribution in [2.24, 2.45) is 23.7 Å². The highest BCUT2D eigenvalue weighted by molar-refractivity contribution is 5.39. The van der Waals surface area contributed by atoms with Crippen molar-refractivity contribution in [3.05, 3.63) is 47.5 Å². The summed E-state index contributed by atoms with van der Waals surface area (Å²) in [4.78, 5) is 0. The van der Waals surface area contributed by atoms with Gasteiger partial charge in [-0.2, -0.15) is 13.2 Å². The molecule has 0 N–H and O–H groups in total. The quantitative estimate of drug-likeness (QED) is 0.312. The monoisotopic (exact) mass is 430 g/mol. The number of rotatable bonds is 6. The van der Waals surface area contributed by atoms with Crippen LogP contribution in [0.25, 0.3) is 0 Å². The zero-order valence-electron chi connectivity index (χ0n) is 18.9. The Morgan fingerprint density at radius 3 is 2.06 bits per heavy atom. The number of unbranched alkanes of at least 4 members (excludes halogenated alkanes) is 2. The number of alkyl halides is 3. The fourth-order valence-electron chi connectivity index (χ4n) is 5.49. The summed E-state index contributed by atoms with van der Waals surface area (Å²) in [6.07, 6.45) is 16.4. The van der Waals surface area contributed by atoms with Crippen molar-refractivity contribution < 1.29 is 13.2 Å². The van der Waals surface area contributed by atoms with Crippen LogP contribution in [0.5, 0.6) is 0 Å². The lowest BCUT2D eigenvalue weighted by Crippen LogP contribution is -2.25. The smallest absolute Gasteiger partial charge is 0.166 e. The van der Waals surface area contributed by atoms with Crippen molar-refractivity contribution in [3.63, 3.8) is 0 Å². The van der Waals surface area contributed by atoms with Gasteiger partial charge in [-0.15, -0.1) is 0 Å². The summed E-state index contributed by atoms with van der Waals surface area (Å²) in [5.41, 5.74) is -0.0120. The highest BCUT2D eigenvalue weighted by Crippen LogP contribution is 2.42. The molecule has 1 aromatic rings. The predicted molar refractivity (Wildman–Crippen MR) is 123 cm³/mol. The molecular formula is C28H37F3. The molecule has 0 unspecified atom stereocenters. The van der Waals surface area contributed by atoms with Gasteiger partial charge in [0, 0.05) is 5.56 Å². The standard InChI is InChI=1S/C28H37F3/c1-2-3-4-7-22-10-16-25(17-11-22)26-18-12-23(13-19-26)8-5-6-9-24-14-20-27(21-15-24)28(29,30)31/h5,8,14-15,20-23,25-26H,2-4,7,10-13,16-19H2,1H3/b8-5+. The van der Waals surface area contributed by atoms with Crippen LogP contribution in [0.15, 0.2) is 36.4 Å². The van der Waals surface area contributed by atoms with E-state index in [1.54, 1.807) is 0 Å². The molecule has 0 atom stereocenters. The molecule has 2 fully saturated rings. The van der Waals surface area contributed by atoms with E-state index < -0.39 is 11.7 Å². The molecule has 0 nitrogen and oxygen atoms in total. The first kappa shape index (κ1) is 24.0. The fraction of sp³-hybridized carbons (Fsp3) is 0.643. The minimum atomic E-state index is -4.29. The summed E-state index contributed by atoms with van der Waals surface area (Å²) >= 11 is 0. The molecule has 0 spiro atoms. The number of hydrogen-bond acceptors (Lipinski definition) is 0. The molecular weight excluding hydrogens is 393 g/mol. The van der Waals surface area contributed by atoms with E-state index in [1.165, 1.54) is 89.2 Å². The van der Waals surface area contributed by atoms with Crippen molar-refractivity contribution in [1.29, 1.82) is 0 Å². The highest BCUT2D eigenvalue weighted by Gasteiger charge is 2.30. The van der Waals surface area contributed by atoms with E-state index in [0.29, 0.717) is 11.5 Å². The van der Waals surface area contributed by atoms with Crippen molar-refractivity contribution in [3.8, 4) is 11.8 Å². The zero-order valence-corrected chi connectivity index (χ0v) is 18.9. The van der Waals surface area contributed by atoms with Crippen molar-refractivity contribution in [2.45, 2.75) is 90.1 Å².